The molecular weight excluding hydrogens is 252 g/mol. The molecule has 0 amide bonds. The maximum absolute atomic E-state index is 5.95. The first-order valence-corrected chi connectivity index (χ1v) is 6.54. The summed E-state index contributed by atoms with van der Waals surface area (Å²) in [5.74, 6) is 6.36. The number of allylic oxidation sites excluding steroid dienone is 1. The Bertz CT molecular complexity index is 665. The molecule has 0 aliphatic heterocycles. The summed E-state index contributed by atoms with van der Waals surface area (Å²) in [4.78, 5) is 0. The van der Waals surface area contributed by atoms with Crippen molar-refractivity contribution < 1.29 is 0 Å². The minimum absolute atomic E-state index is 0.712. The molecule has 2 aromatic rings. The molecule has 0 bridgehead atoms. The molecule has 2 aromatic carbocycles. The van der Waals surface area contributed by atoms with E-state index in [1.807, 2.05) is 42.5 Å². The number of hydrogen-bond acceptors (Lipinski definition) is 0. The third-order valence-electron chi connectivity index (χ3n) is 2.57. The van der Waals surface area contributed by atoms with Gasteiger partial charge in [-0.1, -0.05) is 59.4 Å². The lowest BCUT2D eigenvalue weighted by atomic mass is 10.1. The lowest BCUT2D eigenvalue weighted by Gasteiger charge is -1.99. The van der Waals surface area contributed by atoms with E-state index in [1.165, 1.54) is 5.57 Å². The highest BCUT2D eigenvalue weighted by Crippen LogP contribution is 2.13. The second-order valence-corrected chi connectivity index (χ2v) is 5.01. The summed E-state index contributed by atoms with van der Waals surface area (Å²) >= 11 is 5.95. The molecule has 1 heteroatoms. The van der Waals surface area contributed by atoms with Crippen LogP contribution in [-0.2, 0) is 0 Å². The first-order chi connectivity index (χ1) is 9.15. The zero-order chi connectivity index (χ0) is 13.7. The van der Waals surface area contributed by atoms with Crippen molar-refractivity contribution in [1.29, 1.82) is 0 Å². The molecule has 0 heterocycles. The molecule has 0 aromatic heterocycles. The Morgan fingerprint density at radius 1 is 1.00 bits per heavy atom. The Morgan fingerprint density at radius 2 is 1.79 bits per heavy atom. The van der Waals surface area contributed by atoms with Crippen molar-refractivity contribution in [3.05, 3.63) is 75.8 Å². The van der Waals surface area contributed by atoms with Crippen LogP contribution in [-0.4, -0.2) is 0 Å². The zero-order valence-corrected chi connectivity index (χ0v) is 11.8. The maximum Gasteiger partial charge on any atom is 0.0418 e. The summed E-state index contributed by atoms with van der Waals surface area (Å²) in [6, 6.07) is 15.7. The molecule has 0 nitrogen and oxygen atoms in total. The third kappa shape index (κ3) is 4.02. The van der Waals surface area contributed by atoms with Crippen molar-refractivity contribution in [2.45, 2.75) is 13.8 Å². The first kappa shape index (κ1) is 13.5. The number of hydrogen-bond donors (Lipinski definition) is 0. The van der Waals surface area contributed by atoms with Crippen LogP contribution >= 0.6 is 11.6 Å². The van der Waals surface area contributed by atoms with Crippen LogP contribution in [0.15, 0.2) is 54.1 Å². The third-order valence-corrected chi connectivity index (χ3v) is 2.81. The van der Waals surface area contributed by atoms with Gasteiger partial charge in [0, 0.05) is 16.1 Å². The van der Waals surface area contributed by atoms with Crippen molar-refractivity contribution in [3.8, 4) is 11.8 Å². The second-order valence-electron chi connectivity index (χ2n) is 4.57. The topological polar surface area (TPSA) is 0 Å². The van der Waals surface area contributed by atoms with Crippen LogP contribution in [0.3, 0.4) is 0 Å². The summed E-state index contributed by atoms with van der Waals surface area (Å²) in [5, 5.41) is 0.712. The highest BCUT2D eigenvalue weighted by atomic mass is 35.5. The molecule has 2 rings (SSSR count). The molecule has 0 saturated heterocycles. The molecular formula is C18H15Cl. The predicted molar refractivity (Wildman–Crippen MR) is 83.2 cm³/mol. The van der Waals surface area contributed by atoms with Gasteiger partial charge < -0.3 is 0 Å². The first-order valence-electron chi connectivity index (χ1n) is 6.17. The Hall–Kier alpha value is -1.97. The van der Waals surface area contributed by atoms with Gasteiger partial charge in [-0.2, -0.15) is 0 Å². The smallest absolute Gasteiger partial charge is 0.0418 e. The minimum Gasteiger partial charge on any atom is -0.0843 e. The van der Waals surface area contributed by atoms with E-state index in [9.17, 15) is 0 Å². The van der Waals surface area contributed by atoms with E-state index in [4.69, 9.17) is 11.6 Å². The highest BCUT2D eigenvalue weighted by molar-refractivity contribution is 6.30. The van der Waals surface area contributed by atoms with Gasteiger partial charge in [-0.25, -0.2) is 0 Å². The summed E-state index contributed by atoms with van der Waals surface area (Å²) < 4.78 is 0. The Morgan fingerprint density at radius 3 is 2.53 bits per heavy atom. The number of halogens is 1. The lowest BCUT2D eigenvalue weighted by molar-refractivity contribution is 1.42. The maximum atomic E-state index is 5.95. The van der Waals surface area contributed by atoms with Crippen LogP contribution in [0.5, 0.6) is 0 Å². The van der Waals surface area contributed by atoms with Crippen LogP contribution in [0.1, 0.15) is 30.5 Å². The van der Waals surface area contributed by atoms with Gasteiger partial charge in [-0.3, -0.25) is 0 Å². The SMILES string of the molecule is CC(C)=Cc1ccccc1C#Cc1cccc(Cl)c1. The minimum atomic E-state index is 0.712. The molecule has 0 N–H and O–H groups in total. The molecule has 94 valence electrons. The van der Waals surface area contributed by atoms with Gasteiger partial charge in [0.05, 0.1) is 0 Å². The van der Waals surface area contributed by atoms with E-state index in [1.54, 1.807) is 0 Å². The molecule has 0 saturated carbocycles. The fourth-order valence-electron chi connectivity index (χ4n) is 1.75. The number of benzene rings is 2. The van der Waals surface area contributed by atoms with Crippen molar-refractivity contribution in [2.24, 2.45) is 0 Å². The lowest BCUT2D eigenvalue weighted by Crippen LogP contribution is -1.82. The fraction of sp³-hybridized carbons (Fsp3) is 0.111. The monoisotopic (exact) mass is 266 g/mol. The van der Waals surface area contributed by atoms with Gasteiger partial charge in [0.1, 0.15) is 0 Å². The van der Waals surface area contributed by atoms with Gasteiger partial charge in [0.15, 0.2) is 0 Å². The van der Waals surface area contributed by atoms with E-state index in [-0.39, 0.29) is 0 Å². The molecule has 0 aliphatic rings. The summed E-state index contributed by atoms with van der Waals surface area (Å²) in [6.45, 7) is 4.17. The largest absolute Gasteiger partial charge is 0.0843 e. The average molecular weight is 267 g/mol. The number of rotatable bonds is 1. The predicted octanol–water partition coefficient (Wildman–Crippen LogP) is 5.16. The molecule has 19 heavy (non-hydrogen) atoms. The van der Waals surface area contributed by atoms with Crippen LogP contribution < -0.4 is 0 Å². The highest BCUT2D eigenvalue weighted by Gasteiger charge is 1.95. The standard InChI is InChI=1S/C18H15Cl/c1-14(2)12-17-8-4-3-7-16(17)11-10-15-6-5-9-18(19)13-15/h3-9,12-13H,1-2H3. The van der Waals surface area contributed by atoms with Crippen molar-refractivity contribution in [1.82, 2.24) is 0 Å². The van der Waals surface area contributed by atoms with E-state index in [0.717, 1.165) is 16.7 Å². The van der Waals surface area contributed by atoms with E-state index < -0.39 is 0 Å². The van der Waals surface area contributed by atoms with Gasteiger partial charge in [0.2, 0.25) is 0 Å². The van der Waals surface area contributed by atoms with Crippen molar-refractivity contribution in [2.75, 3.05) is 0 Å². The van der Waals surface area contributed by atoms with Gasteiger partial charge >= 0.3 is 0 Å². The van der Waals surface area contributed by atoms with Crippen LogP contribution in [0.4, 0.5) is 0 Å². The Labute approximate surface area is 119 Å². The van der Waals surface area contributed by atoms with E-state index in [2.05, 4.69) is 37.8 Å². The summed E-state index contributed by atoms with van der Waals surface area (Å²) in [7, 11) is 0. The van der Waals surface area contributed by atoms with Crippen molar-refractivity contribution in [3.63, 3.8) is 0 Å². The fourth-order valence-corrected chi connectivity index (χ4v) is 1.94. The quantitative estimate of drug-likeness (QED) is 0.625. The molecule has 0 fully saturated rings. The normalized spacial score (nSPS) is 9.42. The second kappa shape index (κ2) is 6.27. The molecule has 0 unspecified atom stereocenters. The van der Waals surface area contributed by atoms with Crippen LogP contribution in [0, 0.1) is 11.8 Å². The van der Waals surface area contributed by atoms with Gasteiger partial charge in [0.25, 0.3) is 0 Å². The van der Waals surface area contributed by atoms with E-state index >= 15 is 0 Å². The van der Waals surface area contributed by atoms with E-state index in [0.29, 0.717) is 5.02 Å². The Kier molecular flexibility index (Phi) is 4.44. The molecule has 0 radical (unpaired) electrons. The molecule has 0 aliphatic carbocycles. The van der Waals surface area contributed by atoms with Crippen LogP contribution in [0.2, 0.25) is 5.02 Å². The summed E-state index contributed by atoms with van der Waals surface area (Å²) in [6.07, 6.45) is 2.14. The molecule has 0 spiro atoms. The van der Waals surface area contributed by atoms with Gasteiger partial charge in [-0.15, -0.1) is 0 Å². The summed E-state index contributed by atoms with van der Waals surface area (Å²) in [5.41, 5.74) is 4.37. The Balaban J connectivity index is 2.37. The van der Waals surface area contributed by atoms with Gasteiger partial charge in [-0.05, 0) is 43.7 Å². The molecule has 0 atom stereocenters. The van der Waals surface area contributed by atoms with Crippen LogP contribution in [0.25, 0.3) is 6.08 Å². The van der Waals surface area contributed by atoms with Crippen molar-refractivity contribution >= 4 is 17.7 Å². The average Bonchev–Trinajstić information content (AvgIpc) is 2.37. The zero-order valence-electron chi connectivity index (χ0n) is 11.1.